The minimum atomic E-state index is -4.37. The number of aromatic nitrogens is 1. The molecule has 1 unspecified atom stereocenters. The highest BCUT2D eigenvalue weighted by molar-refractivity contribution is 7.18. The average Bonchev–Trinajstić information content (AvgIpc) is 3.23. The Kier molecular flexibility index (Phi) is 6.09. The van der Waals surface area contributed by atoms with Crippen LogP contribution in [-0.2, 0) is 11.3 Å². The lowest BCUT2D eigenvalue weighted by molar-refractivity contribution is -0.140. The molecule has 0 amide bonds. The number of fused-ring (bicyclic) bond motifs is 1. The number of ether oxygens (including phenoxy) is 2. The summed E-state index contributed by atoms with van der Waals surface area (Å²) >= 11 is 1.24. The van der Waals surface area contributed by atoms with Crippen molar-refractivity contribution < 1.29 is 22.6 Å². The predicted octanol–water partition coefficient (Wildman–Crippen LogP) is 5.05. The molecule has 4 rings (SSSR count). The molecule has 162 valence electrons. The van der Waals surface area contributed by atoms with Crippen LogP contribution in [0.3, 0.4) is 0 Å². The van der Waals surface area contributed by atoms with Gasteiger partial charge in [-0.2, -0.15) is 13.2 Å². The van der Waals surface area contributed by atoms with Gasteiger partial charge in [-0.1, -0.05) is 12.1 Å². The van der Waals surface area contributed by atoms with E-state index in [0.717, 1.165) is 55.3 Å². The van der Waals surface area contributed by atoms with Gasteiger partial charge < -0.3 is 14.0 Å². The van der Waals surface area contributed by atoms with Crippen LogP contribution in [0.2, 0.25) is 0 Å². The number of thiophene rings is 1. The first-order valence-electron chi connectivity index (χ1n) is 9.97. The Bertz CT molecular complexity index is 988. The summed E-state index contributed by atoms with van der Waals surface area (Å²) in [5, 5.41) is 0.872. The first-order chi connectivity index (χ1) is 14.4. The fraction of sp³-hybridized carbons (Fsp3) is 0.455. The number of halogens is 3. The van der Waals surface area contributed by atoms with Gasteiger partial charge in [-0.3, -0.25) is 4.90 Å². The number of alkyl halides is 3. The zero-order chi connectivity index (χ0) is 21.3. The molecule has 4 nitrogen and oxygen atoms in total. The number of methoxy groups -OCH3 is 1. The first kappa shape index (κ1) is 21.2. The van der Waals surface area contributed by atoms with Gasteiger partial charge in [-0.15, -0.1) is 11.3 Å². The highest BCUT2D eigenvalue weighted by atomic mass is 32.1. The molecule has 0 N–H and O–H groups in total. The lowest BCUT2D eigenvalue weighted by Gasteiger charge is -2.26. The lowest BCUT2D eigenvalue weighted by atomic mass is 9.96. The molecule has 0 radical (unpaired) electrons. The monoisotopic (exact) mass is 438 g/mol. The second kappa shape index (κ2) is 8.61. The number of morpholine rings is 1. The van der Waals surface area contributed by atoms with E-state index in [9.17, 15) is 13.2 Å². The van der Waals surface area contributed by atoms with E-state index in [-0.39, 0.29) is 5.56 Å². The van der Waals surface area contributed by atoms with Crippen molar-refractivity contribution in [2.45, 2.75) is 25.6 Å². The second-order valence-electron chi connectivity index (χ2n) is 7.55. The largest absolute Gasteiger partial charge is 0.497 e. The maximum atomic E-state index is 14.0. The minimum absolute atomic E-state index is 0.226. The third-order valence-electron chi connectivity index (χ3n) is 5.60. The Morgan fingerprint density at radius 1 is 1.10 bits per heavy atom. The fourth-order valence-corrected chi connectivity index (χ4v) is 5.37. The van der Waals surface area contributed by atoms with Crippen LogP contribution in [0, 0.1) is 6.92 Å². The molecule has 3 heterocycles. The molecule has 2 aromatic heterocycles. The van der Waals surface area contributed by atoms with Crippen molar-refractivity contribution in [3.05, 3.63) is 52.5 Å². The summed E-state index contributed by atoms with van der Waals surface area (Å²) in [5.41, 5.74) is 1.30. The molecule has 0 aliphatic carbocycles. The van der Waals surface area contributed by atoms with Gasteiger partial charge in [0.05, 0.1) is 20.3 Å². The summed E-state index contributed by atoms with van der Waals surface area (Å²) in [7, 11) is 1.50. The first-order valence-corrected chi connectivity index (χ1v) is 10.8. The van der Waals surface area contributed by atoms with Gasteiger partial charge in [0.1, 0.15) is 16.5 Å². The standard InChI is InChI=1S/C22H25F3N2O2S/c1-15-13-17-14-19(20(22(23,24)25)16-3-5-18(28-2)6-4-16)30-21(17)27(15)8-7-26-9-11-29-12-10-26/h3-6,13-14,20H,7-12H2,1-2H3. The molecule has 0 saturated carbocycles. The molecular formula is C22H25F3N2O2S. The Balaban J connectivity index is 1.64. The van der Waals surface area contributed by atoms with Crippen molar-refractivity contribution in [2.24, 2.45) is 0 Å². The maximum Gasteiger partial charge on any atom is 0.400 e. The van der Waals surface area contributed by atoms with Gasteiger partial charge in [-0.25, -0.2) is 0 Å². The fourth-order valence-electron chi connectivity index (χ4n) is 3.99. The normalized spacial score (nSPS) is 16.8. The van der Waals surface area contributed by atoms with Crippen molar-refractivity contribution >= 4 is 21.6 Å². The van der Waals surface area contributed by atoms with Crippen LogP contribution in [0.1, 0.15) is 22.1 Å². The van der Waals surface area contributed by atoms with Gasteiger partial charge >= 0.3 is 6.18 Å². The van der Waals surface area contributed by atoms with Crippen LogP contribution in [0.15, 0.2) is 36.4 Å². The van der Waals surface area contributed by atoms with Crippen molar-refractivity contribution in [3.8, 4) is 5.75 Å². The van der Waals surface area contributed by atoms with Gasteiger partial charge in [0.15, 0.2) is 0 Å². The van der Waals surface area contributed by atoms with Crippen LogP contribution in [0.25, 0.3) is 10.2 Å². The van der Waals surface area contributed by atoms with E-state index in [1.54, 1.807) is 18.2 Å². The smallest absolute Gasteiger partial charge is 0.400 e. The molecule has 3 aromatic rings. The summed E-state index contributed by atoms with van der Waals surface area (Å²) in [6, 6.07) is 9.83. The maximum absolute atomic E-state index is 14.0. The van der Waals surface area contributed by atoms with Crippen LogP contribution in [0.5, 0.6) is 5.75 Å². The zero-order valence-electron chi connectivity index (χ0n) is 17.0. The Labute approximate surface area is 177 Å². The Morgan fingerprint density at radius 2 is 1.80 bits per heavy atom. The number of aryl methyl sites for hydroxylation is 1. The molecule has 1 aliphatic heterocycles. The zero-order valence-corrected chi connectivity index (χ0v) is 17.9. The van der Waals surface area contributed by atoms with E-state index < -0.39 is 12.1 Å². The summed E-state index contributed by atoms with van der Waals surface area (Å²) < 4.78 is 54.7. The summed E-state index contributed by atoms with van der Waals surface area (Å²) in [6.07, 6.45) is -4.37. The number of hydrogen-bond donors (Lipinski definition) is 0. The van der Waals surface area contributed by atoms with Crippen molar-refractivity contribution in [2.75, 3.05) is 40.0 Å². The molecule has 1 fully saturated rings. The van der Waals surface area contributed by atoms with E-state index in [2.05, 4.69) is 9.47 Å². The SMILES string of the molecule is COc1ccc(C(c2cc3cc(C)n(CCN4CCOCC4)c3s2)C(F)(F)F)cc1. The van der Waals surface area contributed by atoms with E-state index in [0.29, 0.717) is 10.6 Å². The second-order valence-corrected chi connectivity index (χ2v) is 8.61. The molecule has 8 heteroatoms. The minimum Gasteiger partial charge on any atom is -0.497 e. The highest BCUT2D eigenvalue weighted by Crippen LogP contribution is 2.45. The molecule has 0 bridgehead atoms. The van der Waals surface area contributed by atoms with E-state index >= 15 is 0 Å². The van der Waals surface area contributed by atoms with E-state index in [4.69, 9.17) is 9.47 Å². The predicted molar refractivity (Wildman–Crippen MR) is 113 cm³/mol. The van der Waals surface area contributed by atoms with Crippen LogP contribution in [-0.4, -0.2) is 55.6 Å². The van der Waals surface area contributed by atoms with Gasteiger partial charge in [0.25, 0.3) is 0 Å². The Hall–Kier alpha value is -2.03. The summed E-state index contributed by atoms with van der Waals surface area (Å²) in [5.74, 6) is -1.10. The molecule has 0 spiro atoms. The number of rotatable bonds is 6. The summed E-state index contributed by atoms with van der Waals surface area (Å²) in [4.78, 5) is 3.55. The Morgan fingerprint density at radius 3 is 2.43 bits per heavy atom. The molecule has 30 heavy (non-hydrogen) atoms. The number of hydrogen-bond acceptors (Lipinski definition) is 4. The average molecular weight is 439 g/mol. The molecular weight excluding hydrogens is 413 g/mol. The van der Waals surface area contributed by atoms with Crippen LogP contribution >= 0.6 is 11.3 Å². The van der Waals surface area contributed by atoms with Gasteiger partial charge in [0, 0.05) is 42.1 Å². The van der Waals surface area contributed by atoms with E-state index in [1.807, 2.05) is 13.0 Å². The lowest BCUT2D eigenvalue weighted by Crippen LogP contribution is -2.38. The number of benzene rings is 1. The molecule has 1 aliphatic rings. The van der Waals surface area contributed by atoms with Gasteiger partial charge in [-0.05, 0) is 36.8 Å². The van der Waals surface area contributed by atoms with E-state index in [1.165, 1.54) is 30.6 Å². The highest BCUT2D eigenvalue weighted by Gasteiger charge is 2.43. The molecule has 1 aromatic carbocycles. The molecule has 1 atom stereocenters. The summed E-state index contributed by atoms with van der Waals surface area (Å²) in [6.45, 7) is 6.89. The van der Waals surface area contributed by atoms with Crippen molar-refractivity contribution in [1.82, 2.24) is 9.47 Å². The number of nitrogens with zero attached hydrogens (tertiary/aromatic N) is 2. The van der Waals surface area contributed by atoms with Gasteiger partial charge in [0.2, 0.25) is 0 Å². The van der Waals surface area contributed by atoms with Crippen molar-refractivity contribution in [1.29, 1.82) is 0 Å². The van der Waals surface area contributed by atoms with Crippen LogP contribution in [0.4, 0.5) is 13.2 Å². The molecule has 1 saturated heterocycles. The third kappa shape index (κ3) is 4.36. The van der Waals surface area contributed by atoms with Crippen molar-refractivity contribution in [3.63, 3.8) is 0 Å². The quantitative estimate of drug-likeness (QED) is 0.539. The third-order valence-corrected chi connectivity index (χ3v) is 6.84. The topological polar surface area (TPSA) is 26.6 Å². The van der Waals surface area contributed by atoms with Crippen LogP contribution < -0.4 is 4.74 Å².